The predicted octanol–water partition coefficient (Wildman–Crippen LogP) is 6.82. The molecular formula is C29H24N2O4. The van der Waals surface area contributed by atoms with Crippen LogP contribution in [0.4, 0.5) is 5.88 Å². The zero-order valence-electron chi connectivity index (χ0n) is 19.5. The van der Waals surface area contributed by atoms with Gasteiger partial charge in [-0.05, 0) is 59.7 Å². The van der Waals surface area contributed by atoms with Gasteiger partial charge in [-0.2, -0.15) is 5.26 Å². The smallest absolute Gasteiger partial charge is 0.238 e. The van der Waals surface area contributed by atoms with Crippen LogP contribution in [0.25, 0.3) is 22.5 Å². The largest absolute Gasteiger partial charge is 0.497 e. The lowest BCUT2D eigenvalue weighted by Gasteiger charge is -2.06. The molecule has 1 heterocycles. The lowest BCUT2D eigenvalue weighted by atomic mass is 9.98. The molecule has 35 heavy (non-hydrogen) atoms. The molecule has 4 rings (SSSR count). The Morgan fingerprint density at radius 1 is 0.914 bits per heavy atom. The van der Waals surface area contributed by atoms with E-state index >= 15 is 0 Å². The van der Waals surface area contributed by atoms with Crippen molar-refractivity contribution in [2.75, 3.05) is 20.8 Å². The molecule has 0 aliphatic carbocycles. The van der Waals surface area contributed by atoms with Crippen molar-refractivity contribution in [2.45, 2.75) is 0 Å². The number of nitriles is 1. The van der Waals surface area contributed by atoms with Crippen molar-refractivity contribution >= 4 is 12.1 Å². The summed E-state index contributed by atoms with van der Waals surface area (Å²) in [5.41, 5.74) is 3.43. The van der Waals surface area contributed by atoms with Crippen LogP contribution in [0.1, 0.15) is 11.1 Å². The summed E-state index contributed by atoms with van der Waals surface area (Å²) in [4.78, 5) is 4.53. The number of hydrogen-bond acceptors (Lipinski definition) is 6. The normalized spacial score (nSPS) is 10.7. The summed E-state index contributed by atoms with van der Waals surface area (Å²) in [6.07, 6.45) is 3.33. The minimum Gasteiger partial charge on any atom is -0.497 e. The second-order valence-corrected chi connectivity index (χ2v) is 7.49. The fourth-order valence-corrected chi connectivity index (χ4v) is 3.57. The summed E-state index contributed by atoms with van der Waals surface area (Å²) in [5, 5.41) is 10.1. The van der Waals surface area contributed by atoms with Crippen LogP contribution in [0.5, 0.6) is 17.2 Å². The van der Waals surface area contributed by atoms with E-state index in [1.54, 1.807) is 26.5 Å². The Morgan fingerprint density at radius 3 is 2.17 bits per heavy atom. The van der Waals surface area contributed by atoms with Crippen LogP contribution >= 0.6 is 0 Å². The fraction of sp³-hybridized carbons (Fsp3) is 0.103. The van der Waals surface area contributed by atoms with E-state index < -0.39 is 0 Å². The van der Waals surface area contributed by atoms with E-state index in [1.165, 1.54) is 0 Å². The van der Waals surface area contributed by atoms with Gasteiger partial charge in [0.1, 0.15) is 41.2 Å². The van der Waals surface area contributed by atoms with Gasteiger partial charge in [0.05, 0.1) is 14.2 Å². The molecule has 1 aromatic heterocycles. The molecule has 0 spiro atoms. The number of methoxy groups -OCH3 is 2. The van der Waals surface area contributed by atoms with Gasteiger partial charge in [-0.1, -0.05) is 36.9 Å². The fourth-order valence-electron chi connectivity index (χ4n) is 3.57. The van der Waals surface area contributed by atoms with E-state index in [9.17, 15) is 5.26 Å². The molecule has 174 valence electrons. The average Bonchev–Trinajstić information content (AvgIpc) is 3.29. The Labute approximate surface area is 204 Å². The maximum absolute atomic E-state index is 10.1. The Kier molecular flexibility index (Phi) is 7.29. The van der Waals surface area contributed by atoms with Gasteiger partial charge in [0.25, 0.3) is 0 Å². The summed E-state index contributed by atoms with van der Waals surface area (Å²) in [7, 11) is 3.23. The molecule has 3 aromatic carbocycles. The standard InChI is InChI=1S/C29H24N2O4/c1-4-16-34-25-7-5-6-20(17-25)19-31-29-26(18-30)27(21-8-12-23(32-2)13-9-21)28(35-29)22-10-14-24(33-3)15-11-22/h4-15,17,19H,1,16H2,2-3H3. The molecule has 0 amide bonds. The maximum atomic E-state index is 10.1. The first-order chi connectivity index (χ1) is 17.2. The highest BCUT2D eigenvalue weighted by atomic mass is 16.5. The second-order valence-electron chi connectivity index (χ2n) is 7.49. The van der Waals surface area contributed by atoms with Gasteiger partial charge in [0, 0.05) is 17.3 Å². The minimum absolute atomic E-state index is 0.224. The number of ether oxygens (including phenoxy) is 3. The molecule has 0 saturated carbocycles. The molecule has 0 unspecified atom stereocenters. The lowest BCUT2D eigenvalue weighted by Crippen LogP contribution is -1.93. The molecule has 0 aliphatic heterocycles. The highest BCUT2D eigenvalue weighted by molar-refractivity contribution is 5.90. The van der Waals surface area contributed by atoms with Crippen LogP contribution in [-0.4, -0.2) is 27.0 Å². The van der Waals surface area contributed by atoms with E-state index in [-0.39, 0.29) is 5.88 Å². The Bertz CT molecular complexity index is 1380. The molecule has 0 aliphatic rings. The monoisotopic (exact) mass is 464 g/mol. The molecule has 0 saturated heterocycles. The summed E-state index contributed by atoms with van der Waals surface area (Å²) in [6.45, 7) is 4.08. The minimum atomic E-state index is 0.224. The summed E-state index contributed by atoms with van der Waals surface area (Å²) in [5.74, 6) is 2.92. The molecule has 0 bridgehead atoms. The SMILES string of the molecule is C=CCOc1cccc(C=Nc2oc(-c3ccc(OC)cc3)c(-c3ccc(OC)cc3)c2C#N)c1. The van der Waals surface area contributed by atoms with Crippen LogP contribution < -0.4 is 14.2 Å². The van der Waals surface area contributed by atoms with Crippen LogP contribution in [0.15, 0.2) is 94.9 Å². The maximum Gasteiger partial charge on any atom is 0.238 e. The van der Waals surface area contributed by atoms with Gasteiger partial charge < -0.3 is 18.6 Å². The van der Waals surface area contributed by atoms with Crippen LogP contribution in [0.3, 0.4) is 0 Å². The number of benzene rings is 3. The van der Waals surface area contributed by atoms with Crippen LogP contribution in [0, 0.1) is 11.3 Å². The third kappa shape index (κ3) is 5.26. The highest BCUT2D eigenvalue weighted by Gasteiger charge is 2.23. The topological polar surface area (TPSA) is 77.0 Å². The molecular weight excluding hydrogens is 440 g/mol. The van der Waals surface area contributed by atoms with Crippen molar-refractivity contribution < 1.29 is 18.6 Å². The average molecular weight is 465 g/mol. The van der Waals surface area contributed by atoms with Crippen molar-refractivity contribution in [1.82, 2.24) is 0 Å². The molecule has 0 N–H and O–H groups in total. The number of aliphatic imine (C=N–C) groups is 1. The Hall–Kier alpha value is -4.76. The quantitative estimate of drug-likeness (QED) is 0.201. The molecule has 6 nitrogen and oxygen atoms in total. The summed E-state index contributed by atoms with van der Waals surface area (Å²) in [6, 6.07) is 24.7. The summed E-state index contributed by atoms with van der Waals surface area (Å²) < 4.78 is 22.3. The molecule has 0 atom stereocenters. The zero-order chi connectivity index (χ0) is 24.6. The van der Waals surface area contributed by atoms with Gasteiger partial charge in [0.2, 0.25) is 5.88 Å². The van der Waals surface area contributed by atoms with Gasteiger partial charge in [0.15, 0.2) is 0 Å². The van der Waals surface area contributed by atoms with E-state index in [1.807, 2.05) is 72.8 Å². The predicted molar refractivity (Wildman–Crippen MR) is 137 cm³/mol. The first-order valence-corrected chi connectivity index (χ1v) is 10.9. The van der Waals surface area contributed by atoms with Crippen LogP contribution in [0.2, 0.25) is 0 Å². The highest BCUT2D eigenvalue weighted by Crippen LogP contribution is 2.43. The van der Waals surface area contributed by atoms with E-state index in [2.05, 4.69) is 17.6 Å². The zero-order valence-corrected chi connectivity index (χ0v) is 19.5. The second kappa shape index (κ2) is 10.9. The van der Waals surface area contributed by atoms with Crippen molar-refractivity contribution in [3.63, 3.8) is 0 Å². The van der Waals surface area contributed by atoms with Gasteiger partial charge >= 0.3 is 0 Å². The molecule has 0 radical (unpaired) electrons. The molecule has 0 fully saturated rings. The van der Waals surface area contributed by atoms with E-state index in [0.717, 1.165) is 28.2 Å². The number of nitrogens with zero attached hydrogens (tertiary/aromatic N) is 2. The van der Waals surface area contributed by atoms with Crippen molar-refractivity contribution in [3.05, 3.63) is 96.6 Å². The number of furan rings is 1. The van der Waals surface area contributed by atoms with Crippen LogP contribution in [-0.2, 0) is 0 Å². The Balaban J connectivity index is 1.80. The number of hydrogen-bond donors (Lipinski definition) is 0. The molecule has 4 aromatic rings. The van der Waals surface area contributed by atoms with E-state index in [4.69, 9.17) is 18.6 Å². The molecule has 6 heteroatoms. The van der Waals surface area contributed by atoms with Gasteiger partial charge in [-0.15, -0.1) is 0 Å². The third-order valence-corrected chi connectivity index (χ3v) is 5.29. The first kappa shape index (κ1) is 23.4. The van der Waals surface area contributed by atoms with Crippen molar-refractivity contribution in [3.8, 4) is 45.8 Å². The lowest BCUT2D eigenvalue weighted by molar-refractivity contribution is 0.363. The van der Waals surface area contributed by atoms with Crippen molar-refractivity contribution in [1.29, 1.82) is 5.26 Å². The van der Waals surface area contributed by atoms with Gasteiger partial charge in [-0.25, -0.2) is 4.99 Å². The van der Waals surface area contributed by atoms with Gasteiger partial charge in [-0.3, -0.25) is 0 Å². The first-order valence-electron chi connectivity index (χ1n) is 10.9. The third-order valence-electron chi connectivity index (χ3n) is 5.29. The van der Waals surface area contributed by atoms with E-state index in [0.29, 0.717) is 29.2 Å². The summed E-state index contributed by atoms with van der Waals surface area (Å²) >= 11 is 0. The number of rotatable bonds is 9. The Morgan fingerprint density at radius 2 is 1.57 bits per heavy atom. The van der Waals surface area contributed by atoms with Crippen molar-refractivity contribution in [2.24, 2.45) is 4.99 Å².